The van der Waals surface area contributed by atoms with Crippen molar-refractivity contribution in [1.29, 1.82) is 0 Å². The zero-order chi connectivity index (χ0) is 19.6. The fourth-order valence-corrected chi connectivity index (χ4v) is 3.64. The number of carbonyl (C=O) groups excluding carboxylic acids is 2. The predicted molar refractivity (Wildman–Crippen MR) is 102 cm³/mol. The van der Waals surface area contributed by atoms with Crippen LogP contribution in [0.5, 0.6) is 0 Å². The molecule has 3 rings (SSSR count). The third-order valence-electron chi connectivity index (χ3n) is 4.02. The lowest BCUT2D eigenvalue weighted by Gasteiger charge is -2.12. The van der Waals surface area contributed by atoms with Crippen LogP contribution >= 0.6 is 11.3 Å². The van der Waals surface area contributed by atoms with Gasteiger partial charge in [-0.15, -0.1) is 11.3 Å². The normalized spacial score (nSPS) is 12.1. The highest BCUT2D eigenvalue weighted by molar-refractivity contribution is 7.20. The minimum atomic E-state index is -0.871. The molecule has 0 fully saturated rings. The molecule has 2 heterocycles. The molecule has 1 unspecified atom stereocenters. The number of benzene rings is 1. The smallest absolute Gasteiger partial charge is 0.349 e. The molecule has 1 aromatic carbocycles. The van der Waals surface area contributed by atoms with Crippen LogP contribution in [-0.4, -0.2) is 34.3 Å². The van der Waals surface area contributed by atoms with Gasteiger partial charge in [-0.3, -0.25) is 4.79 Å². The first-order chi connectivity index (χ1) is 12.9. The molecule has 0 saturated heterocycles. The lowest BCUT2D eigenvalue weighted by molar-refractivity contribution is -0.129. The summed E-state index contributed by atoms with van der Waals surface area (Å²) in [6.45, 7) is 5.87. The Kier molecular flexibility index (Phi) is 5.55. The lowest BCUT2D eigenvalue weighted by Crippen LogP contribution is -2.36. The Labute approximate surface area is 159 Å². The number of carbonyl (C=O) groups is 2. The van der Waals surface area contributed by atoms with E-state index in [0.29, 0.717) is 17.1 Å². The van der Waals surface area contributed by atoms with Crippen molar-refractivity contribution in [2.24, 2.45) is 0 Å². The third-order valence-corrected chi connectivity index (χ3v) is 5.11. The van der Waals surface area contributed by atoms with Gasteiger partial charge in [-0.25, -0.2) is 13.9 Å². The van der Waals surface area contributed by atoms with Gasteiger partial charge in [0, 0.05) is 11.9 Å². The Morgan fingerprint density at radius 2 is 2.04 bits per heavy atom. The van der Waals surface area contributed by atoms with Gasteiger partial charge in [-0.05, 0) is 50.6 Å². The first-order valence-corrected chi connectivity index (χ1v) is 9.46. The number of halogens is 1. The Hall–Kier alpha value is -2.74. The van der Waals surface area contributed by atoms with Gasteiger partial charge in [0.05, 0.1) is 11.4 Å². The van der Waals surface area contributed by atoms with E-state index in [-0.39, 0.29) is 11.7 Å². The molecule has 0 bridgehead atoms. The van der Waals surface area contributed by atoms with Crippen molar-refractivity contribution >= 4 is 33.4 Å². The SMILES string of the molecule is CCCNC(=O)C(C)OC(=O)c1cc2c(C)nn(-c3ccc(F)cc3)c2s1. The van der Waals surface area contributed by atoms with Crippen LogP contribution < -0.4 is 5.32 Å². The van der Waals surface area contributed by atoms with E-state index >= 15 is 0 Å². The molecule has 8 heteroatoms. The average Bonchev–Trinajstić information content (AvgIpc) is 3.21. The average molecular weight is 389 g/mol. The Bertz CT molecular complexity index is 978. The van der Waals surface area contributed by atoms with Crippen LogP contribution in [0.15, 0.2) is 30.3 Å². The highest BCUT2D eigenvalue weighted by Gasteiger charge is 2.22. The number of amides is 1. The number of aryl methyl sites for hydroxylation is 1. The lowest BCUT2D eigenvalue weighted by atomic mass is 10.3. The number of ether oxygens (including phenoxy) is 1. The molecule has 0 spiro atoms. The van der Waals surface area contributed by atoms with Crippen LogP contribution in [0.1, 0.15) is 35.6 Å². The minimum Gasteiger partial charge on any atom is -0.448 e. The topological polar surface area (TPSA) is 73.2 Å². The first kappa shape index (κ1) is 19.0. The minimum absolute atomic E-state index is 0.319. The van der Waals surface area contributed by atoms with Crippen molar-refractivity contribution < 1.29 is 18.7 Å². The van der Waals surface area contributed by atoms with Gasteiger partial charge in [0.1, 0.15) is 15.5 Å². The maximum atomic E-state index is 13.2. The number of thiophene rings is 1. The summed E-state index contributed by atoms with van der Waals surface area (Å²) in [6, 6.07) is 7.68. The largest absolute Gasteiger partial charge is 0.448 e. The molecule has 0 saturated carbocycles. The Morgan fingerprint density at radius 1 is 1.33 bits per heavy atom. The highest BCUT2D eigenvalue weighted by Crippen LogP contribution is 2.31. The van der Waals surface area contributed by atoms with E-state index in [0.717, 1.165) is 22.3 Å². The van der Waals surface area contributed by atoms with Crippen LogP contribution in [0.3, 0.4) is 0 Å². The maximum absolute atomic E-state index is 13.2. The summed E-state index contributed by atoms with van der Waals surface area (Å²) in [7, 11) is 0. The van der Waals surface area contributed by atoms with Crippen molar-refractivity contribution in [3.8, 4) is 5.69 Å². The van der Waals surface area contributed by atoms with Gasteiger partial charge in [-0.2, -0.15) is 5.10 Å². The van der Waals surface area contributed by atoms with Crippen LogP contribution in [-0.2, 0) is 9.53 Å². The molecule has 0 radical (unpaired) electrons. The fraction of sp³-hybridized carbons (Fsp3) is 0.316. The number of rotatable bonds is 6. The summed E-state index contributed by atoms with van der Waals surface area (Å²) in [5.41, 5.74) is 1.45. The van der Waals surface area contributed by atoms with Gasteiger partial charge >= 0.3 is 5.97 Å². The number of fused-ring (bicyclic) bond motifs is 1. The summed E-state index contributed by atoms with van der Waals surface area (Å²) in [6.07, 6.45) is -0.0639. The Balaban J connectivity index is 1.84. The monoisotopic (exact) mass is 389 g/mol. The van der Waals surface area contributed by atoms with Gasteiger partial charge in [0.25, 0.3) is 5.91 Å². The van der Waals surface area contributed by atoms with Crippen molar-refractivity contribution in [2.75, 3.05) is 6.54 Å². The highest BCUT2D eigenvalue weighted by atomic mass is 32.1. The number of aromatic nitrogens is 2. The summed E-state index contributed by atoms with van der Waals surface area (Å²) < 4.78 is 20.1. The second kappa shape index (κ2) is 7.87. The van der Waals surface area contributed by atoms with E-state index in [1.807, 2.05) is 13.8 Å². The van der Waals surface area contributed by atoms with Gasteiger partial charge in [-0.1, -0.05) is 6.92 Å². The number of hydrogen-bond donors (Lipinski definition) is 1. The van der Waals surface area contributed by atoms with Gasteiger partial charge in [0.2, 0.25) is 0 Å². The summed E-state index contributed by atoms with van der Waals surface area (Å²) >= 11 is 1.22. The van der Waals surface area contributed by atoms with Gasteiger partial charge < -0.3 is 10.1 Å². The summed E-state index contributed by atoms with van der Waals surface area (Å²) in [5.74, 6) is -1.20. The zero-order valence-electron chi connectivity index (χ0n) is 15.3. The predicted octanol–water partition coefficient (Wildman–Crippen LogP) is 3.61. The zero-order valence-corrected chi connectivity index (χ0v) is 16.1. The molecule has 1 N–H and O–H groups in total. The second-order valence-corrected chi connectivity index (χ2v) is 7.17. The molecule has 1 atom stereocenters. The van der Waals surface area contributed by atoms with E-state index in [9.17, 15) is 14.0 Å². The molecule has 2 aromatic heterocycles. The molecular weight excluding hydrogens is 369 g/mol. The maximum Gasteiger partial charge on any atom is 0.349 e. The number of esters is 1. The molecule has 6 nitrogen and oxygen atoms in total. The molecule has 27 heavy (non-hydrogen) atoms. The van der Waals surface area contributed by atoms with E-state index in [2.05, 4.69) is 10.4 Å². The number of nitrogens with zero attached hydrogens (tertiary/aromatic N) is 2. The van der Waals surface area contributed by atoms with Crippen molar-refractivity contribution in [1.82, 2.24) is 15.1 Å². The van der Waals surface area contributed by atoms with Crippen LogP contribution in [0.2, 0.25) is 0 Å². The number of hydrogen-bond acceptors (Lipinski definition) is 5. The number of nitrogens with one attached hydrogen (secondary N) is 1. The Morgan fingerprint density at radius 3 is 2.70 bits per heavy atom. The van der Waals surface area contributed by atoms with Crippen molar-refractivity contribution in [3.63, 3.8) is 0 Å². The van der Waals surface area contributed by atoms with Gasteiger partial charge in [0.15, 0.2) is 6.10 Å². The summed E-state index contributed by atoms with van der Waals surface area (Å²) in [5, 5.41) is 7.98. The molecular formula is C19H20FN3O3S. The summed E-state index contributed by atoms with van der Waals surface area (Å²) in [4.78, 5) is 25.5. The van der Waals surface area contributed by atoms with E-state index < -0.39 is 12.1 Å². The fourth-order valence-electron chi connectivity index (χ4n) is 2.57. The second-order valence-electron chi connectivity index (χ2n) is 6.14. The third kappa shape index (κ3) is 4.00. The first-order valence-electron chi connectivity index (χ1n) is 8.64. The quantitative estimate of drug-likeness (QED) is 0.654. The van der Waals surface area contributed by atoms with Crippen LogP contribution in [0.25, 0.3) is 15.9 Å². The van der Waals surface area contributed by atoms with Crippen molar-refractivity contribution in [3.05, 3.63) is 46.7 Å². The molecule has 0 aliphatic carbocycles. The molecule has 0 aliphatic heterocycles. The van der Waals surface area contributed by atoms with E-state index in [4.69, 9.17) is 4.74 Å². The van der Waals surface area contributed by atoms with Crippen molar-refractivity contribution in [2.45, 2.75) is 33.3 Å². The molecule has 142 valence electrons. The molecule has 0 aliphatic rings. The standard InChI is InChI=1S/C19H20FN3O3S/c1-4-9-21-17(24)12(3)26-19(25)16-10-15-11(2)22-23(18(15)27-16)14-7-5-13(20)6-8-14/h5-8,10,12H,4,9H2,1-3H3,(H,21,24). The molecule has 3 aromatic rings. The van der Waals surface area contributed by atoms with E-state index in [1.165, 1.54) is 23.5 Å². The molecule has 1 amide bonds. The van der Waals surface area contributed by atoms with Crippen LogP contribution in [0, 0.1) is 12.7 Å². The van der Waals surface area contributed by atoms with E-state index in [1.54, 1.807) is 29.8 Å². The van der Waals surface area contributed by atoms with Crippen LogP contribution in [0.4, 0.5) is 4.39 Å².